The Morgan fingerprint density at radius 1 is 1.22 bits per heavy atom. The molecule has 18 heavy (non-hydrogen) atoms. The van der Waals surface area contributed by atoms with E-state index < -0.39 is 6.10 Å². The summed E-state index contributed by atoms with van der Waals surface area (Å²) in [4.78, 5) is 0. The van der Waals surface area contributed by atoms with Gasteiger partial charge in [-0.25, -0.2) is 0 Å². The summed E-state index contributed by atoms with van der Waals surface area (Å²) in [5.74, 6) is 1.37. The second-order valence-electron chi connectivity index (χ2n) is 6.37. The van der Waals surface area contributed by atoms with E-state index in [0.29, 0.717) is 12.5 Å². The van der Waals surface area contributed by atoms with E-state index in [0.717, 1.165) is 11.3 Å². The summed E-state index contributed by atoms with van der Waals surface area (Å²) in [5, 5.41) is 9.99. The third-order valence-electron chi connectivity index (χ3n) is 3.28. The molecule has 0 saturated carbocycles. The first-order chi connectivity index (χ1) is 8.21. The van der Waals surface area contributed by atoms with Crippen molar-refractivity contribution in [1.29, 1.82) is 0 Å². The Bertz CT molecular complexity index is 389. The van der Waals surface area contributed by atoms with Gasteiger partial charge in [-0.3, -0.25) is 0 Å². The van der Waals surface area contributed by atoms with Gasteiger partial charge in [0.1, 0.15) is 12.4 Å². The maximum atomic E-state index is 9.99. The maximum absolute atomic E-state index is 9.99. The molecule has 1 aromatic carbocycles. The molecule has 0 aliphatic heterocycles. The quantitative estimate of drug-likeness (QED) is 0.878. The van der Waals surface area contributed by atoms with E-state index in [1.54, 1.807) is 0 Å². The zero-order chi connectivity index (χ0) is 13.9. The Kier molecular flexibility index (Phi) is 4.80. The lowest BCUT2D eigenvalue weighted by molar-refractivity contribution is 0.0216. The number of benzene rings is 1. The van der Waals surface area contributed by atoms with Crippen LogP contribution in [0.5, 0.6) is 5.75 Å². The summed E-state index contributed by atoms with van der Waals surface area (Å²) in [6, 6.07) is 6.29. The molecule has 1 unspecified atom stereocenters. The van der Waals surface area contributed by atoms with Crippen LogP contribution in [0, 0.1) is 12.3 Å². The Morgan fingerprint density at radius 3 is 2.33 bits per heavy atom. The van der Waals surface area contributed by atoms with E-state index >= 15 is 0 Å². The summed E-state index contributed by atoms with van der Waals surface area (Å²) in [6.07, 6.45) is -0.459. The Morgan fingerprint density at radius 2 is 1.83 bits per heavy atom. The zero-order valence-electron chi connectivity index (χ0n) is 12.4. The van der Waals surface area contributed by atoms with Crippen molar-refractivity contribution >= 4 is 0 Å². The fourth-order valence-electron chi connectivity index (χ4n) is 1.55. The number of aliphatic hydroxyl groups is 1. The normalized spacial score (nSPS) is 13.8. The number of aryl methyl sites for hydroxylation is 1. The molecule has 0 aliphatic carbocycles. The third-order valence-corrected chi connectivity index (χ3v) is 3.28. The molecule has 0 spiro atoms. The summed E-state index contributed by atoms with van der Waals surface area (Å²) >= 11 is 0. The van der Waals surface area contributed by atoms with Crippen molar-refractivity contribution in [2.75, 3.05) is 6.61 Å². The number of ether oxygens (including phenoxy) is 1. The molecular formula is C16H26O2. The lowest BCUT2D eigenvalue weighted by Gasteiger charge is -2.26. The van der Waals surface area contributed by atoms with Crippen molar-refractivity contribution in [3.8, 4) is 5.75 Å². The van der Waals surface area contributed by atoms with Crippen LogP contribution in [0.4, 0.5) is 0 Å². The first kappa shape index (κ1) is 15.0. The number of hydrogen-bond acceptors (Lipinski definition) is 2. The minimum absolute atomic E-state index is 0.149. The molecule has 1 atom stereocenters. The van der Waals surface area contributed by atoms with Crippen LogP contribution in [0.2, 0.25) is 0 Å². The highest BCUT2D eigenvalue weighted by atomic mass is 16.5. The van der Waals surface area contributed by atoms with Crippen molar-refractivity contribution in [2.45, 2.75) is 53.6 Å². The van der Waals surface area contributed by atoms with Crippen molar-refractivity contribution in [2.24, 2.45) is 5.41 Å². The van der Waals surface area contributed by atoms with E-state index in [2.05, 4.69) is 32.0 Å². The van der Waals surface area contributed by atoms with Crippen LogP contribution in [0.1, 0.15) is 51.7 Å². The van der Waals surface area contributed by atoms with E-state index in [1.165, 1.54) is 5.56 Å². The zero-order valence-corrected chi connectivity index (χ0v) is 12.4. The van der Waals surface area contributed by atoms with E-state index in [1.807, 2.05) is 27.7 Å². The molecule has 0 amide bonds. The smallest absolute Gasteiger partial charge is 0.122 e. The molecule has 0 aromatic heterocycles. The van der Waals surface area contributed by atoms with Crippen LogP contribution in [-0.4, -0.2) is 17.8 Å². The third kappa shape index (κ3) is 4.02. The van der Waals surface area contributed by atoms with Gasteiger partial charge < -0.3 is 9.84 Å². The van der Waals surface area contributed by atoms with E-state index in [4.69, 9.17) is 4.74 Å². The van der Waals surface area contributed by atoms with Crippen LogP contribution in [-0.2, 0) is 0 Å². The molecule has 0 fully saturated rings. The van der Waals surface area contributed by atoms with Gasteiger partial charge in [-0.15, -0.1) is 0 Å². The fraction of sp³-hybridized carbons (Fsp3) is 0.625. The van der Waals surface area contributed by atoms with Crippen molar-refractivity contribution < 1.29 is 9.84 Å². The van der Waals surface area contributed by atoms with Crippen LogP contribution in [0.25, 0.3) is 0 Å². The predicted molar refractivity (Wildman–Crippen MR) is 76.2 cm³/mol. The van der Waals surface area contributed by atoms with Crippen LogP contribution < -0.4 is 4.74 Å². The second kappa shape index (κ2) is 5.75. The topological polar surface area (TPSA) is 29.5 Å². The SMILES string of the molecule is Cc1ccc(C(C)C)cc1OCC(O)C(C)(C)C. The lowest BCUT2D eigenvalue weighted by atomic mass is 9.90. The lowest BCUT2D eigenvalue weighted by Crippen LogP contribution is -2.32. The average Bonchev–Trinajstić information content (AvgIpc) is 2.25. The largest absolute Gasteiger partial charge is 0.491 e. The molecule has 1 N–H and O–H groups in total. The molecule has 0 radical (unpaired) electrons. The van der Waals surface area contributed by atoms with Gasteiger partial charge in [0, 0.05) is 0 Å². The summed E-state index contributed by atoms with van der Waals surface area (Å²) in [5.41, 5.74) is 2.23. The highest BCUT2D eigenvalue weighted by molar-refractivity contribution is 5.37. The van der Waals surface area contributed by atoms with Crippen LogP contribution in [0.3, 0.4) is 0 Å². The van der Waals surface area contributed by atoms with Crippen molar-refractivity contribution in [3.63, 3.8) is 0 Å². The average molecular weight is 250 g/mol. The Balaban J connectivity index is 2.75. The van der Waals surface area contributed by atoms with Crippen LogP contribution in [0.15, 0.2) is 18.2 Å². The molecular weight excluding hydrogens is 224 g/mol. The Labute approximate surface area is 111 Å². The standard InChI is InChI=1S/C16H26O2/c1-11(2)13-8-7-12(3)14(9-13)18-10-15(17)16(4,5)6/h7-9,11,15,17H,10H2,1-6H3. The molecule has 2 heteroatoms. The Hall–Kier alpha value is -1.02. The van der Waals surface area contributed by atoms with Crippen LogP contribution >= 0.6 is 0 Å². The molecule has 1 rings (SSSR count). The van der Waals surface area contributed by atoms with Crippen molar-refractivity contribution in [1.82, 2.24) is 0 Å². The number of rotatable bonds is 4. The highest BCUT2D eigenvalue weighted by Crippen LogP contribution is 2.26. The molecule has 0 heterocycles. The van der Waals surface area contributed by atoms with Gasteiger partial charge in [0.25, 0.3) is 0 Å². The molecule has 0 aliphatic rings. The minimum Gasteiger partial charge on any atom is -0.491 e. The molecule has 0 saturated heterocycles. The summed E-state index contributed by atoms with van der Waals surface area (Å²) in [6.45, 7) is 12.7. The van der Waals surface area contributed by atoms with Gasteiger partial charge in [0.2, 0.25) is 0 Å². The van der Waals surface area contributed by atoms with Gasteiger partial charge in [0.05, 0.1) is 6.10 Å². The number of aliphatic hydroxyl groups excluding tert-OH is 1. The first-order valence-corrected chi connectivity index (χ1v) is 6.63. The monoisotopic (exact) mass is 250 g/mol. The van der Waals surface area contributed by atoms with Gasteiger partial charge >= 0.3 is 0 Å². The molecule has 2 nitrogen and oxygen atoms in total. The van der Waals surface area contributed by atoms with Crippen molar-refractivity contribution in [3.05, 3.63) is 29.3 Å². The maximum Gasteiger partial charge on any atom is 0.122 e. The molecule has 102 valence electrons. The summed E-state index contributed by atoms with van der Waals surface area (Å²) < 4.78 is 5.77. The fourth-order valence-corrected chi connectivity index (χ4v) is 1.55. The highest BCUT2D eigenvalue weighted by Gasteiger charge is 2.22. The van der Waals surface area contributed by atoms with E-state index in [-0.39, 0.29) is 5.41 Å². The number of hydrogen-bond donors (Lipinski definition) is 1. The molecule has 0 bridgehead atoms. The second-order valence-corrected chi connectivity index (χ2v) is 6.37. The predicted octanol–water partition coefficient (Wildman–Crippen LogP) is 3.90. The summed E-state index contributed by atoms with van der Waals surface area (Å²) in [7, 11) is 0. The molecule has 1 aromatic rings. The van der Waals surface area contributed by atoms with Gasteiger partial charge in [-0.1, -0.05) is 46.8 Å². The minimum atomic E-state index is -0.459. The van der Waals surface area contributed by atoms with Gasteiger partial charge in [-0.2, -0.15) is 0 Å². The van der Waals surface area contributed by atoms with Gasteiger partial charge in [-0.05, 0) is 35.4 Å². The first-order valence-electron chi connectivity index (χ1n) is 6.63. The van der Waals surface area contributed by atoms with E-state index in [9.17, 15) is 5.11 Å². The van der Waals surface area contributed by atoms with Gasteiger partial charge in [0.15, 0.2) is 0 Å².